The third kappa shape index (κ3) is 1.66. The molecule has 1 aromatic heterocycles. The maximum atomic E-state index is 11.1. The minimum Gasteiger partial charge on any atom is -0.399 e. The zero-order chi connectivity index (χ0) is 9.97. The van der Waals surface area contributed by atoms with E-state index in [0.29, 0.717) is 5.69 Å². The Morgan fingerprint density at radius 2 is 1.79 bits per heavy atom. The van der Waals surface area contributed by atoms with Crippen molar-refractivity contribution >= 4 is 5.69 Å². The molecule has 3 nitrogen and oxygen atoms in total. The van der Waals surface area contributed by atoms with E-state index in [9.17, 15) is 4.79 Å². The fraction of sp³-hybridized carbons (Fsp3) is 0. The summed E-state index contributed by atoms with van der Waals surface area (Å²) in [5, 5.41) is 0. The summed E-state index contributed by atoms with van der Waals surface area (Å²) in [6.45, 7) is 0. The zero-order valence-corrected chi connectivity index (χ0v) is 7.53. The summed E-state index contributed by atoms with van der Waals surface area (Å²) < 4.78 is 0. The van der Waals surface area contributed by atoms with Crippen LogP contribution in [0.1, 0.15) is 0 Å². The first-order valence-electron chi connectivity index (χ1n) is 4.30. The first-order chi connectivity index (χ1) is 6.75. The number of aromatic amines is 1. The molecule has 3 N–H and O–H groups in total. The van der Waals surface area contributed by atoms with Crippen LogP contribution in [0.2, 0.25) is 0 Å². The highest BCUT2D eigenvalue weighted by Crippen LogP contribution is 2.16. The molecule has 3 heteroatoms. The summed E-state index contributed by atoms with van der Waals surface area (Å²) in [5.74, 6) is 0. The van der Waals surface area contributed by atoms with E-state index in [4.69, 9.17) is 5.73 Å². The quantitative estimate of drug-likeness (QED) is 0.665. The Bertz CT molecular complexity index is 485. The monoisotopic (exact) mass is 186 g/mol. The van der Waals surface area contributed by atoms with Crippen molar-refractivity contribution in [2.45, 2.75) is 0 Å². The molecule has 0 aliphatic carbocycles. The van der Waals surface area contributed by atoms with E-state index < -0.39 is 0 Å². The van der Waals surface area contributed by atoms with Gasteiger partial charge in [0, 0.05) is 29.7 Å². The van der Waals surface area contributed by atoms with Crippen LogP contribution in [0.15, 0.2) is 47.4 Å². The van der Waals surface area contributed by atoms with E-state index in [1.807, 2.05) is 12.1 Å². The van der Waals surface area contributed by atoms with Crippen molar-refractivity contribution in [3.63, 3.8) is 0 Å². The molecule has 0 aliphatic heterocycles. The van der Waals surface area contributed by atoms with Crippen molar-refractivity contribution in [2.75, 3.05) is 5.73 Å². The molecule has 0 amide bonds. The Hall–Kier alpha value is -2.03. The summed E-state index contributed by atoms with van der Waals surface area (Å²) in [7, 11) is 0. The van der Waals surface area contributed by atoms with Gasteiger partial charge in [0.25, 0.3) is 0 Å². The van der Waals surface area contributed by atoms with Crippen LogP contribution in [0.4, 0.5) is 5.69 Å². The van der Waals surface area contributed by atoms with Gasteiger partial charge in [-0.15, -0.1) is 0 Å². The zero-order valence-electron chi connectivity index (χ0n) is 7.53. The summed E-state index contributed by atoms with van der Waals surface area (Å²) >= 11 is 0. The lowest BCUT2D eigenvalue weighted by Gasteiger charge is -2.00. The van der Waals surface area contributed by atoms with Gasteiger partial charge >= 0.3 is 0 Å². The number of benzene rings is 1. The lowest BCUT2D eigenvalue weighted by Crippen LogP contribution is -1.97. The molecule has 70 valence electrons. The molecule has 0 atom stereocenters. The van der Waals surface area contributed by atoms with Crippen molar-refractivity contribution in [3.8, 4) is 11.3 Å². The Morgan fingerprint density at radius 1 is 1.07 bits per heavy atom. The van der Waals surface area contributed by atoms with Crippen LogP contribution >= 0.6 is 0 Å². The molecule has 0 saturated heterocycles. The van der Waals surface area contributed by atoms with Gasteiger partial charge in [-0.25, -0.2) is 0 Å². The van der Waals surface area contributed by atoms with Gasteiger partial charge in [-0.1, -0.05) is 12.1 Å². The Kier molecular flexibility index (Phi) is 2.07. The SMILES string of the molecule is Nc1ccc(-c2cc(=O)cc[nH]2)cc1. The molecule has 0 spiro atoms. The molecule has 2 aromatic rings. The summed E-state index contributed by atoms with van der Waals surface area (Å²) in [6.07, 6.45) is 1.63. The van der Waals surface area contributed by atoms with Crippen molar-refractivity contribution in [2.24, 2.45) is 0 Å². The Balaban J connectivity index is 2.50. The first kappa shape index (κ1) is 8.56. The normalized spacial score (nSPS) is 10.0. The smallest absolute Gasteiger partial charge is 0.182 e. The van der Waals surface area contributed by atoms with Crippen LogP contribution < -0.4 is 11.2 Å². The summed E-state index contributed by atoms with van der Waals surface area (Å²) in [4.78, 5) is 14.1. The van der Waals surface area contributed by atoms with Crippen molar-refractivity contribution in [3.05, 3.63) is 52.8 Å². The molecule has 0 unspecified atom stereocenters. The molecule has 1 heterocycles. The van der Waals surface area contributed by atoms with Gasteiger partial charge in [0.2, 0.25) is 0 Å². The van der Waals surface area contributed by atoms with E-state index in [1.54, 1.807) is 24.4 Å². The molecule has 1 aromatic carbocycles. The molecular formula is C11H10N2O. The standard InChI is InChI=1S/C11H10N2O/c12-9-3-1-8(2-4-9)11-7-10(14)5-6-13-11/h1-7H,12H2,(H,13,14). The highest BCUT2D eigenvalue weighted by atomic mass is 16.1. The molecule has 2 rings (SSSR count). The number of anilines is 1. The lowest BCUT2D eigenvalue weighted by atomic mass is 10.1. The highest BCUT2D eigenvalue weighted by molar-refractivity contribution is 5.61. The predicted octanol–water partition coefficient (Wildman–Crippen LogP) is 1.62. The average molecular weight is 186 g/mol. The predicted molar refractivity (Wildman–Crippen MR) is 56.9 cm³/mol. The van der Waals surface area contributed by atoms with Crippen LogP contribution in [0.5, 0.6) is 0 Å². The largest absolute Gasteiger partial charge is 0.399 e. The van der Waals surface area contributed by atoms with Crippen LogP contribution in [0.3, 0.4) is 0 Å². The number of nitrogen functional groups attached to an aromatic ring is 1. The second kappa shape index (κ2) is 3.38. The molecule has 0 saturated carbocycles. The number of aromatic nitrogens is 1. The van der Waals surface area contributed by atoms with Crippen LogP contribution in [-0.2, 0) is 0 Å². The number of H-pyrrole nitrogens is 1. The van der Waals surface area contributed by atoms with Gasteiger partial charge in [0.15, 0.2) is 5.43 Å². The van der Waals surface area contributed by atoms with E-state index in [0.717, 1.165) is 11.3 Å². The number of hydrogen-bond donors (Lipinski definition) is 2. The van der Waals surface area contributed by atoms with Gasteiger partial charge < -0.3 is 10.7 Å². The maximum absolute atomic E-state index is 11.1. The maximum Gasteiger partial charge on any atom is 0.182 e. The van der Waals surface area contributed by atoms with Crippen molar-refractivity contribution in [1.29, 1.82) is 0 Å². The molecule has 0 radical (unpaired) electrons. The number of nitrogens with two attached hydrogens (primary N) is 1. The summed E-state index contributed by atoms with van der Waals surface area (Å²) in [6, 6.07) is 10.4. The number of pyridine rings is 1. The Labute approximate surface area is 81.2 Å². The van der Waals surface area contributed by atoms with Gasteiger partial charge in [-0.3, -0.25) is 4.79 Å². The van der Waals surface area contributed by atoms with Crippen LogP contribution in [-0.4, -0.2) is 4.98 Å². The number of hydrogen-bond acceptors (Lipinski definition) is 2. The lowest BCUT2D eigenvalue weighted by molar-refractivity contribution is 1.30. The van der Waals surface area contributed by atoms with Gasteiger partial charge in [0.05, 0.1) is 0 Å². The van der Waals surface area contributed by atoms with Crippen LogP contribution in [0, 0.1) is 0 Å². The molecule has 0 bridgehead atoms. The van der Waals surface area contributed by atoms with Crippen molar-refractivity contribution < 1.29 is 0 Å². The minimum atomic E-state index is -0.00410. The van der Waals surface area contributed by atoms with Gasteiger partial charge in [0.1, 0.15) is 0 Å². The number of rotatable bonds is 1. The van der Waals surface area contributed by atoms with E-state index in [-0.39, 0.29) is 5.43 Å². The molecule has 14 heavy (non-hydrogen) atoms. The van der Waals surface area contributed by atoms with Crippen LogP contribution in [0.25, 0.3) is 11.3 Å². The molecule has 0 aliphatic rings. The number of nitrogens with one attached hydrogen (secondary N) is 1. The fourth-order valence-corrected chi connectivity index (χ4v) is 1.27. The third-order valence-corrected chi connectivity index (χ3v) is 1.99. The second-order valence-electron chi connectivity index (χ2n) is 3.06. The molecule has 0 fully saturated rings. The minimum absolute atomic E-state index is 0.00410. The van der Waals surface area contributed by atoms with Crippen molar-refractivity contribution in [1.82, 2.24) is 4.98 Å². The second-order valence-corrected chi connectivity index (χ2v) is 3.06. The van der Waals surface area contributed by atoms with E-state index >= 15 is 0 Å². The topological polar surface area (TPSA) is 58.9 Å². The fourth-order valence-electron chi connectivity index (χ4n) is 1.27. The molecular weight excluding hydrogens is 176 g/mol. The highest BCUT2D eigenvalue weighted by Gasteiger charge is 1.96. The Morgan fingerprint density at radius 3 is 2.43 bits per heavy atom. The van der Waals surface area contributed by atoms with E-state index in [1.165, 1.54) is 6.07 Å². The first-order valence-corrected chi connectivity index (χ1v) is 4.30. The van der Waals surface area contributed by atoms with Gasteiger partial charge in [-0.05, 0) is 17.7 Å². The summed E-state index contributed by atoms with van der Waals surface area (Å²) in [5.41, 5.74) is 8.03. The van der Waals surface area contributed by atoms with Gasteiger partial charge in [-0.2, -0.15) is 0 Å². The average Bonchev–Trinajstić information content (AvgIpc) is 2.19. The van der Waals surface area contributed by atoms with E-state index in [2.05, 4.69) is 4.98 Å². The third-order valence-electron chi connectivity index (χ3n) is 1.99.